The van der Waals surface area contributed by atoms with Crippen molar-refractivity contribution >= 4 is 16.9 Å². The SMILES string of the molecule is CC=CN1CCC(NC(=O)c2c(C)[nH]c3c(-c4cc(C(F)F)ccc4OCC4CC4)ncnc23)CC1. The van der Waals surface area contributed by atoms with Gasteiger partial charge in [0.2, 0.25) is 0 Å². The molecule has 1 saturated heterocycles. The molecule has 1 aliphatic carbocycles. The number of amides is 1. The molecule has 9 heteroatoms. The van der Waals surface area contributed by atoms with Crippen LogP contribution in [0, 0.1) is 12.8 Å². The van der Waals surface area contributed by atoms with Gasteiger partial charge < -0.3 is 19.9 Å². The lowest BCUT2D eigenvalue weighted by atomic mass is 10.0. The molecule has 2 fully saturated rings. The van der Waals surface area contributed by atoms with Crippen molar-refractivity contribution in [2.75, 3.05) is 19.7 Å². The lowest BCUT2D eigenvalue weighted by Gasteiger charge is -2.31. The second kappa shape index (κ2) is 10.2. The van der Waals surface area contributed by atoms with Gasteiger partial charge in [-0.1, -0.05) is 6.08 Å². The van der Waals surface area contributed by atoms with Crippen LogP contribution in [0.3, 0.4) is 0 Å². The minimum absolute atomic E-state index is 0.0785. The van der Waals surface area contributed by atoms with E-state index in [0.717, 1.165) is 38.8 Å². The van der Waals surface area contributed by atoms with Crippen LogP contribution in [0.4, 0.5) is 8.78 Å². The lowest BCUT2D eigenvalue weighted by Crippen LogP contribution is -2.43. The van der Waals surface area contributed by atoms with Gasteiger partial charge in [0.05, 0.1) is 17.7 Å². The highest BCUT2D eigenvalue weighted by Crippen LogP contribution is 2.38. The van der Waals surface area contributed by atoms with Crippen molar-refractivity contribution in [3.05, 3.63) is 53.6 Å². The highest BCUT2D eigenvalue weighted by Gasteiger charge is 2.27. The summed E-state index contributed by atoms with van der Waals surface area (Å²) in [6.45, 7) is 6.13. The van der Waals surface area contributed by atoms with E-state index < -0.39 is 6.43 Å². The van der Waals surface area contributed by atoms with Crippen LogP contribution in [0.25, 0.3) is 22.3 Å². The van der Waals surface area contributed by atoms with E-state index in [9.17, 15) is 13.6 Å². The van der Waals surface area contributed by atoms with E-state index in [1.54, 1.807) is 6.07 Å². The summed E-state index contributed by atoms with van der Waals surface area (Å²) in [6, 6.07) is 4.46. The smallest absolute Gasteiger partial charge is 0.263 e. The number of fused-ring (bicyclic) bond motifs is 1. The van der Waals surface area contributed by atoms with Crippen LogP contribution < -0.4 is 10.1 Å². The Balaban J connectivity index is 1.46. The average molecular weight is 496 g/mol. The summed E-state index contributed by atoms with van der Waals surface area (Å²) >= 11 is 0. The number of aromatic nitrogens is 3. The van der Waals surface area contributed by atoms with Crippen LogP contribution in [0.5, 0.6) is 5.75 Å². The van der Waals surface area contributed by atoms with Gasteiger partial charge in [-0.15, -0.1) is 0 Å². The number of halogens is 2. The number of aromatic amines is 1. The number of piperidine rings is 1. The van der Waals surface area contributed by atoms with Gasteiger partial charge in [0.15, 0.2) is 0 Å². The summed E-state index contributed by atoms with van der Waals surface area (Å²) < 4.78 is 33.1. The summed E-state index contributed by atoms with van der Waals surface area (Å²) in [6.07, 6.45) is 6.80. The molecular weight excluding hydrogens is 464 g/mol. The summed E-state index contributed by atoms with van der Waals surface area (Å²) in [5.74, 6) is 0.808. The second-order valence-corrected chi connectivity index (χ2v) is 9.65. The fourth-order valence-electron chi connectivity index (χ4n) is 4.75. The molecule has 0 spiro atoms. The van der Waals surface area contributed by atoms with Crippen molar-refractivity contribution in [3.63, 3.8) is 0 Å². The maximum atomic E-state index is 13.6. The molecule has 0 bridgehead atoms. The van der Waals surface area contributed by atoms with Crippen molar-refractivity contribution in [2.24, 2.45) is 5.92 Å². The van der Waals surface area contributed by atoms with Gasteiger partial charge in [0, 0.05) is 36.0 Å². The van der Waals surface area contributed by atoms with Crippen molar-refractivity contribution in [1.82, 2.24) is 25.2 Å². The molecule has 1 aliphatic heterocycles. The average Bonchev–Trinajstić information content (AvgIpc) is 3.63. The number of likely N-dealkylation sites (tertiary alicyclic amines) is 1. The van der Waals surface area contributed by atoms with Gasteiger partial charge >= 0.3 is 0 Å². The van der Waals surface area contributed by atoms with Crippen LogP contribution in [-0.2, 0) is 0 Å². The quantitative estimate of drug-likeness (QED) is 0.438. The zero-order chi connectivity index (χ0) is 25.2. The van der Waals surface area contributed by atoms with E-state index in [1.165, 1.54) is 18.5 Å². The molecule has 36 heavy (non-hydrogen) atoms. The standard InChI is InChI=1S/C27H31F2N5O2/c1-3-10-34-11-8-19(9-12-34)33-27(35)22-16(2)32-25-23(30-15-31-24(22)25)20-13-18(26(28)29)6-7-21(20)36-14-17-4-5-17/h3,6-7,10,13,15,17,19,26,32H,4-5,8-9,11-12,14H2,1-2H3,(H,33,35). The Bertz CT molecular complexity index is 1280. The number of rotatable bonds is 8. The van der Waals surface area contributed by atoms with Crippen LogP contribution in [0.15, 0.2) is 36.8 Å². The van der Waals surface area contributed by atoms with Gasteiger partial charge in [-0.05, 0) is 69.8 Å². The summed E-state index contributed by atoms with van der Waals surface area (Å²) in [7, 11) is 0. The number of ether oxygens (including phenoxy) is 1. The van der Waals surface area contributed by atoms with Crippen LogP contribution >= 0.6 is 0 Å². The molecule has 3 aromatic rings. The Morgan fingerprint density at radius 3 is 2.72 bits per heavy atom. The number of allylic oxidation sites excluding steroid dienone is 1. The number of nitrogens with one attached hydrogen (secondary N) is 2. The van der Waals surface area contributed by atoms with E-state index in [4.69, 9.17) is 4.74 Å². The minimum Gasteiger partial charge on any atom is -0.493 e. The Labute approximate surface area is 209 Å². The molecule has 0 radical (unpaired) electrons. The molecule has 0 atom stereocenters. The van der Waals surface area contributed by atoms with E-state index in [-0.39, 0.29) is 17.5 Å². The first kappa shape index (κ1) is 24.2. The molecule has 1 amide bonds. The molecule has 1 saturated carbocycles. The molecule has 2 aliphatic rings. The zero-order valence-electron chi connectivity index (χ0n) is 20.6. The number of benzene rings is 1. The van der Waals surface area contributed by atoms with Crippen LogP contribution in [0.1, 0.15) is 60.6 Å². The fourth-order valence-corrected chi connectivity index (χ4v) is 4.75. The first-order valence-corrected chi connectivity index (χ1v) is 12.5. The Morgan fingerprint density at radius 2 is 2.03 bits per heavy atom. The third-order valence-corrected chi connectivity index (χ3v) is 6.91. The molecule has 1 aromatic carbocycles. The predicted molar refractivity (Wildman–Crippen MR) is 134 cm³/mol. The van der Waals surface area contributed by atoms with Crippen molar-refractivity contribution in [1.29, 1.82) is 0 Å². The molecule has 7 nitrogen and oxygen atoms in total. The fraction of sp³-hybridized carbons (Fsp3) is 0.444. The molecule has 190 valence electrons. The number of hydrogen-bond acceptors (Lipinski definition) is 5. The second-order valence-electron chi connectivity index (χ2n) is 9.65. The summed E-state index contributed by atoms with van der Waals surface area (Å²) in [4.78, 5) is 27.6. The Morgan fingerprint density at radius 1 is 1.25 bits per heavy atom. The first-order valence-electron chi connectivity index (χ1n) is 12.5. The largest absolute Gasteiger partial charge is 0.493 e. The van der Waals surface area contributed by atoms with Gasteiger partial charge in [0.1, 0.15) is 23.3 Å². The van der Waals surface area contributed by atoms with Crippen molar-refractivity contribution in [3.8, 4) is 17.0 Å². The normalized spacial score (nSPS) is 16.9. The number of hydrogen-bond donors (Lipinski definition) is 2. The van der Waals surface area contributed by atoms with Crippen LogP contribution in [0.2, 0.25) is 0 Å². The maximum absolute atomic E-state index is 13.6. The molecule has 2 N–H and O–H groups in total. The van der Waals surface area contributed by atoms with Gasteiger partial charge in [-0.25, -0.2) is 18.7 Å². The van der Waals surface area contributed by atoms with E-state index in [2.05, 4.69) is 31.4 Å². The van der Waals surface area contributed by atoms with Gasteiger partial charge in [-0.3, -0.25) is 4.79 Å². The van der Waals surface area contributed by atoms with Crippen molar-refractivity contribution < 1.29 is 18.3 Å². The zero-order valence-corrected chi connectivity index (χ0v) is 20.6. The summed E-state index contributed by atoms with van der Waals surface area (Å²) in [5, 5.41) is 3.16. The topological polar surface area (TPSA) is 83.1 Å². The molecular formula is C27H31F2N5O2. The number of carbonyl (C=O) groups excluding carboxylic acids is 1. The maximum Gasteiger partial charge on any atom is 0.263 e. The number of H-pyrrole nitrogens is 1. The van der Waals surface area contributed by atoms with Gasteiger partial charge in [0.25, 0.3) is 12.3 Å². The predicted octanol–water partition coefficient (Wildman–Crippen LogP) is 5.39. The number of nitrogens with zero attached hydrogens (tertiary/aromatic N) is 3. The lowest BCUT2D eigenvalue weighted by molar-refractivity contribution is 0.0921. The highest BCUT2D eigenvalue weighted by molar-refractivity contribution is 6.09. The third kappa shape index (κ3) is 5.05. The molecule has 3 heterocycles. The minimum atomic E-state index is -2.62. The molecule has 2 aromatic heterocycles. The Kier molecular flexibility index (Phi) is 6.89. The number of aryl methyl sites for hydroxylation is 1. The molecule has 0 unspecified atom stereocenters. The van der Waals surface area contributed by atoms with E-state index >= 15 is 0 Å². The van der Waals surface area contributed by atoms with E-state index in [1.807, 2.05) is 19.9 Å². The molecule has 5 rings (SSSR count). The van der Waals surface area contributed by atoms with Crippen molar-refractivity contribution in [2.45, 2.75) is 52.0 Å². The number of carbonyl (C=O) groups is 1. The summed E-state index contributed by atoms with van der Waals surface area (Å²) in [5.41, 5.74) is 2.90. The van der Waals surface area contributed by atoms with E-state index in [0.29, 0.717) is 51.8 Å². The third-order valence-electron chi connectivity index (χ3n) is 6.91. The monoisotopic (exact) mass is 495 g/mol. The van der Waals surface area contributed by atoms with Gasteiger partial charge in [-0.2, -0.15) is 0 Å². The Hall–Kier alpha value is -3.49. The highest BCUT2D eigenvalue weighted by atomic mass is 19.3. The number of alkyl halides is 2. The first-order chi connectivity index (χ1) is 17.4. The van der Waals surface area contributed by atoms with Crippen LogP contribution in [-0.4, -0.2) is 51.5 Å².